The Hall–Kier alpha value is -1.81. The van der Waals surface area contributed by atoms with Gasteiger partial charge in [0.15, 0.2) is 0 Å². The molecule has 0 amide bonds. The molecule has 1 aromatic carbocycles. The Kier molecular flexibility index (Phi) is 4.68. The van der Waals surface area contributed by atoms with E-state index in [9.17, 15) is 4.79 Å². The zero-order valence-electron chi connectivity index (χ0n) is 13.2. The fraction of sp³-hybridized carbons (Fsp3) is 0.471. The number of rotatable bonds is 5. The molecule has 2 aromatic rings. The van der Waals surface area contributed by atoms with E-state index in [0.717, 1.165) is 12.1 Å². The van der Waals surface area contributed by atoms with E-state index in [4.69, 9.17) is 4.74 Å². The highest BCUT2D eigenvalue weighted by atomic mass is 16.5. The molecule has 0 fully saturated rings. The SMILES string of the molecule is COC(=O)C(Cn1ccc2ccccc21)NCC(C)(C)C. The summed E-state index contributed by atoms with van der Waals surface area (Å²) in [6, 6.07) is 9.88. The van der Waals surface area contributed by atoms with Crippen LogP contribution >= 0.6 is 0 Å². The number of nitrogens with one attached hydrogen (secondary N) is 1. The summed E-state index contributed by atoms with van der Waals surface area (Å²) in [6.45, 7) is 7.74. The number of aromatic nitrogens is 1. The van der Waals surface area contributed by atoms with Crippen LogP contribution in [0.4, 0.5) is 0 Å². The Bertz CT molecular complexity index is 611. The van der Waals surface area contributed by atoms with Gasteiger partial charge in [-0.3, -0.25) is 4.79 Å². The Balaban J connectivity index is 2.16. The number of methoxy groups -OCH3 is 1. The third-order valence-corrected chi connectivity index (χ3v) is 3.42. The predicted molar refractivity (Wildman–Crippen MR) is 85.2 cm³/mol. The number of hydrogen-bond donors (Lipinski definition) is 1. The minimum absolute atomic E-state index is 0.116. The molecule has 1 aromatic heterocycles. The van der Waals surface area contributed by atoms with Gasteiger partial charge in [-0.2, -0.15) is 0 Å². The van der Waals surface area contributed by atoms with Gasteiger partial charge in [-0.15, -0.1) is 0 Å². The third kappa shape index (κ3) is 4.08. The summed E-state index contributed by atoms with van der Waals surface area (Å²) in [6.07, 6.45) is 2.01. The molecule has 1 atom stereocenters. The molecule has 4 heteroatoms. The average Bonchev–Trinajstić information content (AvgIpc) is 2.85. The van der Waals surface area contributed by atoms with Crippen molar-refractivity contribution in [1.82, 2.24) is 9.88 Å². The second-order valence-electron chi connectivity index (χ2n) is 6.54. The van der Waals surface area contributed by atoms with E-state index in [1.807, 2.05) is 18.3 Å². The van der Waals surface area contributed by atoms with Crippen LogP contribution < -0.4 is 5.32 Å². The largest absolute Gasteiger partial charge is 0.468 e. The topological polar surface area (TPSA) is 43.3 Å². The number of benzene rings is 1. The number of carbonyl (C=O) groups excluding carboxylic acids is 1. The van der Waals surface area contributed by atoms with Crippen molar-refractivity contribution in [3.05, 3.63) is 36.5 Å². The van der Waals surface area contributed by atoms with Gasteiger partial charge < -0.3 is 14.6 Å². The average molecular weight is 288 g/mol. The molecular weight excluding hydrogens is 264 g/mol. The van der Waals surface area contributed by atoms with Crippen molar-refractivity contribution in [3.63, 3.8) is 0 Å². The van der Waals surface area contributed by atoms with Crippen LogP contribution in [0.25, 0.3) is 10.9 Å². The van der Waals surface area contributed by atoms with Gasteiger partial charge in [0.05, 0.1) is 7.11 Å². The zero-order valence-corrected chi connectivity index (χ0v) is 13.2. The quantitative estimate of drug-likeness (QED) is 0.860. The number of hydrogen-bond acceptors (Lipinski definition) is 3. The van der Waals surface area contributed by atoms with E-state index in [1.165, 1.54) is 12.5 Å². The molecule has 1 N–H and O–H groups in total. The standard InChI is InChI=1S/C17H24N2O2/c1-17(2,3)12-18-14(16(20)21-4)11-19-10-9-13-7-5-6-8-15(13)19/h5-10,14,18H,11-12H2,1-4H3. The van der Waals surface area contributed by atoms with Crippen LogP contribution in [0, 0.1) is 5.41 Å². The van der Waals surface area contributed by atoms with E-state index in [2.05, 4.69) is 48.9 Å². The third-order valence-electron chi connectivity index (χ3n) is 3.42. The number of carbonyl (C=O) groups is 1. The van der Waals surface area contributed by atoms with Gasteiger partial charge in [0.2, 0.25) is 0 Å². The summed E-state index contributed by atoms with van der Waals surface area (Å²) in [4.78, 5) is 12.0. The predicted octanol–water partition coefficient (Wildman–Crippen LogP) is 2.82. The Morgan fingerprint density at radius 2 is 2.00 bits per heavy atom. The van der Waals surface area contributed by atoms with Crippen LogP contribution in [0.5, 0.6) is 0 Å². The number of ether oxygens (including phenoxy) is 1. The Morgan fingerprint density at radius 3 is 2.67 bits per heavy atom. The number of fused-ring (bicyclic) bond motifs is 1. The van der Waals surface area contributed by atoms with Gasteiger partial charge in [0, 0.05) is 24.8 Å². The summed E-state index contributed by atoms with van der Waals surface area (Å²) in [5.74, 6) is -0.225. The lowest BCUT2D eigenvalue weighted by Crippen LogP contribution is -2.44. The van der Waals surface area contributed by atoms with Crippen LogP contribution in [0.15, 0.2) is 36.5 Å². The first-order valence-corrected chi connectivity index (χ1v) is 7.26. The van der Waals surface area contributed by atoms with Crippen LogP contribution in [0.1, 0.15) is 20.8 Å². The highest BCUT2D eigenvalue weighted by Gasteiger charge is 2.22. The molecule has 1 heterocycles. The minimum atomic E-state index is -0.343. The minimum Gasteiger partial charge on any atom is -0.468 e. The van der Waals surface area contributed by atoms with Crippen molar-refractivity contribution in [2.75, 3.05) is 13.7 Å². The summed E-state index contributed by atoms with van der Waals surface area (Å²) in [7, 11) is 1.43. The normalized spacial score (nSPS) is 13.3. The maximum absolute atomic E-state index is 12.0. The van der Waals surface area contributed by atoms with Crippen molar-refractivity contribution in [2.24, 2.45) is 5.41 Å². The Morgan fingerprint density at radius 1 is 1.29 bits per heavy atom. The lowest BCUT2D eigenvalue weighted by atomic mass is 9.96. The highest BCUT2D eigenvalue weighted by molar-refractivity contribution is 5.80. The maximum Gasteiger partial charge on any atom is 0.324 e. The second-order valence-corrected chi connectivity index (χ2v) is 6.54. The van der Waals surface area contributed by atoms with E-state index >= 15 is 0 Å². The zero-order chi connectivity index (χ0) is 15.5. The van der Waals surface area contributed by atoms with Crippen molar-refractivity contribution in [1.29, 1.82) is 0 Å². The molecule has 0 bridgehead atoms. The molecule has 0 aliphatic carbocycles. The lowest BCUT2D eigenvalue weighted by Gasteiger charge is -2.24. The van der Waals surface area contributed by atoms with Gasteiger partial charge in [-0.1, -0.05) is 39.0 Å². The van der Waals surface area contributed by atoms with E-state index in [1.54, 1.807) is 0 Å². The molecule has 21 heavy (non-hydrogen) atoms. The molecule has 1 unspecified atom stereocenters. The van der Waals surface area contributed by atoms with Gasteiger partial charge in [-0.25, -0.2) is 0 Å². The molecule has 4 nitrogen and oxygen atoms in total. The molecule has 0 saturated carbocycles. The number of esters is 1. The van der Waals surface area contributed by atoms with Crippen molar-refractivity contribution < 1.29 is 9.53 Å². The summed E-state index contributed by atoms with van der Waals surface area (Å²) >= 11 is 0. The fourth-order valence-corrected chi connectivity index (χ4v) is 2.29. The van der Waals surface area contributed by atoms with Gasteiger partial charge in [0.25, 0.3) is 0 Å². The van der Waals surface area contributed by atoms with Crippen molar-refractivity contribution >= 4 is 16.9 Å². The molecular formula is C17H24N2O2. The fourth-order valence-electron chi connectivity index (χ4n) is 2.29. The van der Waals surface area contributed by atoms with Crippen molar-refractivity contribution in [3.8, 4) is 0 Å². The summed E-state index contributed by atoms with van der Waals surface area (Å²) < 4.78 is 7.01. The molecule has 0 aliphatic heterocycles. The van der Waals surface area contributed by atoms with Crippen LogP contribution in [0.3, 0.4) is 0 Å². The molecule has 0 radical (unpaired) electrons. The first-order chi connectivity index (χ1) is 9.90. The monoisotopic (exact) mass is 288 g/mol. The van der Waals surface area contributed by atoms with Gasteiger partial charge >= 0.3 is 5.97 Å². The maximum atomic E-state index is 12.0. The second kappa shape index (κ2) is 6.31. The summed E-state index contributed by atoms with van der Waals surface area (Å²) in [5, 5.41) is 4.50. The van der Waals surface area contributed by atoms with Gasteiger partial charge in [-0.05, 0) is 22.9 Å². The van der Waals surface area contributed by atoms with E-state index in [0.29, 0.717) is 6.54 Å². The summed E-state index contributed by atoms with van der Waals surface area (Å²) in [5.41, 5.74) is 1.24. The van der Waals surface area contributed by atoms with Crippen LogP contribution in [0.2, 0.25) is 0 Å². The lowest BCUT2D eigenvalue weighted by molar-refractivity contribution is -0.143. The highest BCUT2D eigenvalue weighted by Crippen LogP contribution is 2.16. The van der Waals surface area contributed by atoms with E-state index < -0.39 is 0 Å². The number of para-hydroxylation sites is 1. The molecule has 0 aliphatic rings. The molecule has 0 spiro atoms. The smallest absolute Gasteiger partial charge is 0.324 e. The number of nitrogens with zero attached hydrogens (tertiary/aromatic N) is 1. The van der Waals surface area contributed by atoms with Crippen molar-refractivity contribution in [2.45, 2.75) is 33.4 Å². The molecule has 114 valence electrons. The van der Waals surface area contributed by atoms with Crippen LogP contribution in [-0.4, -0.2) is 30.2 Å². The van der Waals surface area contributed by atoms with Crippen LogP contribution in [-0.2, 0) is 16.1 Å². The Labute approximate surface area is 126 Å². The van der Waals surface area contributed by atoms with Gasteiger partial charge in [0.1, 0.15) is 6.04 Å². The first kappa shape index (κ1) is 15.6. The molecule has 0 saturated heterocycles. The first-order valence-electron chi connectivity index (χ1n) is 7.26. The molecule has 2 rings (SSSR count). The van der Waals surface area contributed by atoms with E-state index in [-0.39, 0.29) is 17.4 Å².